The maximum absolute atomic E-state index is 12.2. The maximum Gasteiger partial charge on any atom is 0.255 e. The third-order valence-electron chi connectivity index (χ3n) is 3.86. The lowest BCUT2D eigenvalue weighted by Gasteiger charge is -2.33. The Morgan fingerprint density at radius 2 is 2.10 bits per heavy atom. The van der Waals surface area contributed by atoms with E-state index in [9.17, 15) is 4.79 Å². The Morgan fingerprint density at radius 1 is 1.40 bits per heavy atom. The number of rotatable bonds is 4. The first kappa shape index (κ1) is 15.1. The van der Waals surface area contributed by atoms with Gasteiger partial charge in [-0.05, 0) is 31.0 Å². The molecule has 20 heavy (non-hydrogen) atoms. The zero-order valence-corrected chi connectivity index (χ0v) is 12.5. The molecule has 0 saturated heterocycles. The lowest BCUT2D eigenvalue weighted by Crippen LogP contribution is -2.51. The van der Waals surface area contributed by atoms with Crippen molar-refractivity contribution in [2.75, 3.05) is 13.7 Å². The molecule has 1 fully saturated rings. The van der Waals surface area contributed by atoms with E-state index in [1.807, 2.05) is 0 Å². The molecular weight excluding hydrogens is 276 g/mol. The van der Waals surface area contributed by atoms with Gasteiger partial charge in [0, 0.05) is 17.1 Å². The summed E-state index contributed by atoms with van der Waals surface area (Å²) in [6.45, 7) is 0.498. The molecule has 0 spiro atoms. The van der Waals surface area contributed by atoms with E-state index >= 15 is 0 Å². The number of carbonyl (C=O) groups excluding carboxylic acids is 1. The second-order valence-corrected chi connectivity index (χ2v) is 5.89. The molecule has 2 rings (SSSR count). The largest absolute Gasteiger partial charge is 0.496 e. The lowest BCUT2D eigenvalue weighted by atomic mass is 9.82. The predicted molar refractivity (Wildman–Crippen MR) is 80.3 cm³/mol. The molecule has 5 heteroatoms. The minimum Gasteiger partial charge on any atom is -0.496 e. The maximum atomic E-state index is 12.2. The van der Waals surface area contributed by atoms with Gasteiger partial charge in [0.25, 0.3) is 5.91 Å². The van der Waals surface area contributed by atoms with Gasteiger partial charge in [-0.15, -0.1) is 0 Å². The van der Waals surface area contributed by atoms with Crippen LogP contribution in [0.2, 0.25) is 5.02 Å². The molecule has 0 unspecified atom stereocenters. The summed E-state index contributed by atoms with van der Waals surface area (Å²) < 4.78 is 5.19. The Hall–Kier alpha value is -1.26. The Balaban J connectivity index is 2.01. The van der Waals surface area contributed by atoms with E-state index in [4.69, 9.17) is 22.1 Å². The molecule has 1 aliphatic carbocycles. The van der Waals surface area contributed by atoms with Crippen molar-refractivity contribution >= 4 is 17.5 Å². The zero-order valence-electron chi connectivity index (χ0n) is 11.7. The van der Waals surface area contributed by atoms with E-state index in [1.54, 1.807) is 18.2 Å². The average Bonchev–Trinajstić information content (AvgIpc) is 2.45. The topological polar surface area (TPSA) is 64.3 Å². The third kappa shape index (κ3) is 3.64. The van der Waals surface area contributed by atoms with Crippen LogP contribution in [-0.2, 0) is 0 Å². The number of carbonyl (C=O) groups is 1. The van der Waals surface area contributed by atoms with Crippen LogP contribution in [0.4, 0.5) is 0 Å². The van der Waals surface area contributed by atoms with Crippen molar-refractivity contribution in [3.8, 4) is 5.75 Å². The molecule has 3 N–H and O–H groups in total. The molecular formula is C15H21ClN2O2. The number of benzene rings is 1. The minimum absolute atomic E-state index is 0.172. The highest BCUT2D eigenvalue weighted by Crippen LogP contribution is 2.26. The quantitative estimate of drug-likeness (QED) is 0.898. The summed E-state index contributed by atoms with van der Waals surface area (Å²) in [6.07, 6.45) is 5.43. The van der Waals surface area contributed by atoms with Gasteiger partial charge >= 0.3 is 0 Å². The van der Waals surface area contributed by atoms with Crippen LogP contribution in [0.3, 0.4) is 0 Å². The molecule has 0 radical (unpaired) electrons. The first-order chi connectivity index (χ1) is 9.54. The number of nitrogens with two attached hydrogens (primary N) is 1. The smallest absolute Gasteiger partial charge is 0.255 e. The fourth-order valence-electron chi connectivity index (χ4n) is 2.64. The number of methoxy groups -OCH3 is 1. The van der Waals surface area contributed by atoms with Gasteiger partial charge in [-0.2, -0.15) is 0 Å². The molecule has 1 amide bonds. The lowest BCUT2D eigenvalue weighted by molar-refractivity contribution is 0.0934. The summed E-state index contributed by atoms with van der Waals surface area (Å²) in [5, 5.41) is 3.46. The summed E-state index contributed by atoms with van der Waals surface area (Å²) in [4.78, 5) is 12.2. The molecule has 0 heterocycles. The van der Waals surface area contributed by atoms with E-state index in [2.05, 4.69) is 5.32 Å². The fraction of sp³-hybridized carbons (Fsp3) is 0.533. The van der Waals surface area contributed by atoms with E-state index in [0.29, 0.717) is 22.9 Å². The molecule has 0 aliphatic heterocycles. The highest BCUT2D eigenvalue weighted by Gasteiger charge is 2.28. The van der Waals surface area contributed by atoms with Crippen LogP contribution in [-0.4, -0.2) is 25.1 Å². The average molecular weight is 297 g/mol. The number of hydrogen-bond donors (Lipinski definition) is 2. The molecule has 110 valence electrons. The molecule has 1 saturated carbocycles. The summed E-state index contributed by atoms with van der Waals surface area (Å²) >= 11 is 5.89. The number of nitrogens with one attached hydrogen (secondary N) is 1. The van der Waals surface area contributed by atoms with E-state index in [1.165, 1.54) is 13.5 Å². The molecule has 4 nitrogen and oxygen atoms in total. The minimum atomic E-state index is -0.270. The normalized spacial score (nSPS) is 17.6. The van der Waals surface area contributed by atoms with Gasteiger partial charge in [0.15, 0.2) is 0 Å². The number of hydrogen-bond acceptors (Lipinski definition) is 3. The van der Waals surface area contributed by atoms with Crippen molar-refractivity contribution in [3.63, 3.8) is 0 Å². The first-order valence-corrected chi connectivity index (χ1v) is 7.32. The van der Waals surface area contributed by atoms with E-state index in [-0.39, 0.29) is 11.4 Å². The standard InChI is InChI=1S/C15H21ClN2O2/c1-20-13-9-11(16)5-6-12(13)14(19)18-10-15(17)7-3-2-4-8-15/h5-6,9H,2-4,7-8,10,17H2,1H3,(H,18,19). The van der Waals surface area contributed by atoms with E-state index < -0.39 is 0 Å². The van der Waals surface area contributed by atoms with Gasteiger partial charge < -0.3 is 15.8 Å². The summed E-state index contributed by atoms with van der Waals surface area (Å²) in [5.74, 6) is 0.304. The van der Waals surface area contributed by atoms with Gasteiger partial charge in [-0.1, -0.05) is 30.9 Å². The van der Waals surface area contributed by atoms with Gasteiger partial charge in [-0.25, -0.2) is 0 Å². The van der Waals surface area contributed by atoms with Crippen LogP contribution < -0.4 is 15.8 Å². The Morgan fingerprint density at radius 3 is 2.75 bits per heavy atom. The highest BCUT2D eigenvalue weighted by atomic mass is 35.5. The van der Waals surface area contributed by atoms with Crippen molar-refractivity contribution in [2.24, 2.45) is 5.73 Å². The molecule has 1 aromatic rings. The van der Waals surface area contributed by atoms with Crippen molar-refractivity contribution in [2.45, 2.75) is 37.6 Å². The zero-order chi connectivity index (χ0) is 14.6. The van der Waals surface area contributed by atoms with Crippen LogP contribution in [0, 0.1) is 0 Å². The van der Waals surface area contributed by atoms with Gasteiger partial charge in [0.1, 0.15) is 5.75 Å². The van der Waals surface area contributed by atoms with Gasteiger partial charge in [0.05, 0.1) is 12.7 Å². The van der Waals surface area contributed by atoms with Crippen LogP contribution in [0.1, 0.15) is 42.5 Å². The Labute approximate surface area is 124 Å². The Bertz CT molecular complexity index is 485. The SMILES string of the molecule is COc1cc(Cl)ccc1C(=O)NCC1(N)CCCCC1. The summed E-state index contributed by atoms with van der Waals surface area (Å²) in [5.41, 5.74) is 6.53. The predicted octanol–water partition coefficient (Wildman–Crippen LogP) is 2.74. The van der Waals surface area contributed by atoms with Gasteiger partial charge in [0.2, 0.25) is 0 Å². The van der Waals surface area contributed by atoms with Crippen molar-refractivity contribution in [1.82, 2.24) is 5.32 Å². The fourth-order valence-corrected chi connectivity index (χ4v) is 2.80. The molecule has 1 aliphatic rings. The molecule has 0 atom stereocenters. The van der Waals surface area contributed by atoms with Gasteiger partial charge in [-0.3, -0.25) is 4.79 Å². The highest BCUT2D eigenvalue weighted by molar-refractivity contribution is 6.30. The van der Waals surface area contributed by atoms with Crippen LogP contribution in [0.5, 0.6) is 5.75 Å². The summed E-state index contributed by atoms with van der Waals surface area (Å²) in [7, 11) is 1.52. The van der Waals surface area contributed by atoms with E-state index in [0.717, 1.165) is 25.7 Å². The molecule has 1 aromatic carbocycles. The first-order valence-electron chi connectivity index (χ1n) is 6.95. The number of amides is 1. The van der Waals surface area contributed by atoms with Crippen LogP contribution in [0.15, 0.2) is 18.2 Å². The Kier molecular flexibility index (Phi) is 4.89. The second kappa shape index (κ2) is 6.46. The monoisotopic (exact) mass is 296 g/mol. The van der Waals surface area contributed by atoms with Crippen molar-refractivity contribution in [3.05, 3.63) is 28.8 Å². The van der Waals surface area contributed by atoms with Crippen molar-refractivity contribution < 1.29 is 9.53 Å². The van der Waals surface area contributed by atoms with Crippen LogP contribution in [0.25, 0.3) is 0 Å². The summed E-state index contributed by atoms with van der Waals surface area (Å²) in [6, 6.07) is 4.98. The number of halogens is 1. The second-order valence-electron chi connectivity index (χ2n) is 5.45. The molecule has 0 aromatic heterocycles. The van der Waals surface area contributed by atoms with Crippen molar-refractivity contribution in [1.29, 1.82) is 0 Å². The number of ether oxygens (including phenoxy) is 1. The molecule has 0 bridgehead atoms. The van der Waals surface area contributed by atoms with Crippen LogP contribution >= 0.6 is 11.6 Å². The third-order valence-corrected chi connectivity index (χ3v) is 4.09.